The van der Waals surface area contributed by atoms with E-state index in [1.807, 2.05) is 0 Å². The predicted octanol–water partition coefficient (Wildman–Crippen LogP) is 4.39. The molecule has 24 heavy (non-hydrogen) atoms. The van der Waals surface area contributed by atoms with Crippen molar-refractivity contribution in [1.82, 2.24) is 0 Å². The van der Waals surface area contributed by atoms with Gasteiger partial charge in [0.1, 0.15) is 5.78 Å². The van der Waals surface area contributed by atoms with E-state index in [1.54, 1.807) is 0 Å². The van der Waals surface area contributed by atoms with Gasteiger partial charge in [0.15, 0.2) is 0 Å². The Morgan fingerprint density at radius 3 is 2.50 bits per heavy atom. The highest BCUT2D eigenvalue weighted by atomic mass is 16.5. The van der Waals surface area contributed by atoms with Crippen LogP contribution in [0.1, 0.15) is 71.6 Å². The summed E-state index contributed by atoms with van der Waals surface area (Å²) in [5.74, 6) is 3.42. The fourth-order valence-electron chi connectivity index (χ4n) is 7.57. The van der Waals surface area contributed by atoms with Crippen LogP contribution in [0.4, 0.5) is 0 Å². The SMILES string of the molecule is COC(=O)C1CCC2C3CC[C@H]4CC(=O)CCC4(C)C3CCC12C. The van der Waals surface area contributed by atoms with Gasteiger partial charge in [-0.15, -0.1) is 0 Å². The fraction of sp³-hybridized carbons (Fsp3) is 0.905. The predicted molar refractivity (Wildman–Crippen MR) is 92.2 cm³/mol. The number of carbonyl (C=O) groups is 2. The Balaban J connectivity index is 1.61. The molecule has 4 rings (SSSR count). The Labute approximate surface area is 145 Å². The first kappa shape index (κ1) is 16.6. The number of fused-ring (bicyclic) bond motifs is 5. The van der Waals surface area contributed by atoms with E-state index in [-0.39, 0.29) is 17.3 Å². The zero-order chi connectivity index (χ0) is 17.1. The van der Waals surface area contributed by atoms with Crippen molar-refractivity contribution in [1.29, 1.82) is 0 Å². The first-order chi connectivity index (χ1) is 11.4. The monoisotopic (exact) mass is 332 g/mol. The molecule has 0 heterocycles. The van der Waals surface area contributed by atoms with E-state index in [0.717, 1.165) is 43.9 Å². The van der Waals surface area contributed by atoms with Crippen molar-refractivity contribution in [3.8, 4) is 0 Å². The maximum atomic E-state index is 12.3. The number of ketones is 1. The number of carbonyl (C=O) groups excluding carboxylic acids is 2. The van der Waals surface area contributed by atoms with E-state index in [0.29, 0.717) is 23.0 Å². The van der Waals surface area contributed by atoms with Gasteiger partial charge in [0, 0.05) is 12.8 Å². The molecule has 0 spiro atoms. The summed E-state index contributed by atoms with van der Waals surface area (Å²) in [7, 11) is 1.54. The second kappa shape index (κ2) is 5.57. The summed E-state index contributed by atoms with van der Waals surface area (Å²) in [6, 6.07) is 0. The lowest BCUT2D eigenvalue weighted by molar-refractivity contribution is -0.157. The van der Waals surface area contributed by atoms with Crippen LogP contribution in [0.25, 0.3) is 0 Å². The van der Waals surface area contributed by atoms with Crippen LogP contribution in [0.2, 0.25) is 0 Å². The molecule has 3 nitrogen and oxygen atoms in total. The molecule has 0 aromatic carbocycles. The molecule has 0 saturated heterocycles. The number of hydrogen-bond donors (Lipinski definition) is 0. The molecular weight excluding hydrogens is 300 g/mol. The van der Waals surface area contributed by atoms with Gasteiger partial charge in [0.25, 0.3) is 0 Å². The van der Waals surface area contributed by atoms with Crippen molar-refractivity contribution in [3.05, 3.63) is 0 Å². The van der Waals surface area contributed by atoms with E-state index in [1.165, 1.54) is 32.8 Å². The topological polar surface area (TPSA) is 43.4 Å². The van der Waals surface area contributed by atoms with Crippen LogP contribution in [0.15, 0.2) is 0 Å². The van der Waals surface area contributed by atoms with Gasteiger partial charge in [-0.25, -0.2) is 0 Å². The number of ether oxygens (including phenoxy) is 1. The van der Waals surface area contributed by atoms with Gasteiger partial charge in [-0.1, -0.05) is 13.8 Å². The standard InChI is InChI=1S/C21H32O3/c1-20-10-8-14(22)12-13(20)4-5-15-16-6-7-18(19(23)24-3)21(16,2)11-9-17(15)20/h13,15-18H,4-12H2,1-3H3/t13-,15?,16?,17?,18?,20?,21?/m0/s1. The zero-order valence-corrected chi connectivity index (χ0v) is 15.5. The second-order valence-electron chi connectivity index (χ2n) is 9.60. The van der Waals surface area contributed by atoms with Gasteiger partial charge in [-0.3, -0.25) is 9.59 Å². The lowest BCUT2D eigenvalue weighted by Crippen LogP contribution is -2.54. The average Bonchev–Trinajstić information content (AvgIpc) is 2.92. The first-order valence-electron chi connectivity index (χ1n) is 9.99. The minimum Gasteiger partial charge on any atom is -0.469 e. The molecule has 4 saturated carbocycles. The lowest BCUT2D eigenvalue weighted by atomic mass is 9.45. The van der Waals surface area contributed by atoms with Crippen molar-refractivity contribution in [2.24, 2.45) is 40.4 Å². The smallest absolute Gasteiger partial charge is 0.309 e. The van der Waals surface area contributed by atoms with E-state index in [9.17, 15) is 9.59 Å². The van der Waals surface area contributed by atoms with Gasteiger partial charge >= 0.3 is 5.97 Å². The summed E-state index contributed by atoms with van der Waals surface area (Å²) in [4.78, 5) is 24.3. The highest BCUT2D eigenvalue weighted by molar-refractivity contribution is 5.79. The van der Waals surface area contributed by atoms with Crippen LogP contribution in [-0.4, -0.2) is 18.9 Å². The van der Waals surface area contributed by atoms with Crippen LogP contribution >= 0.6 is 0 Å². The first-order valence-corrected chi connectivity index (χ1v) is 9.99. The molecule has 7 atom stereocenters. The van der Waals surface area contributed by atoms with Crippen LogP contribution in [0.5, 0.6) is 0 Å². The van der Waals surface area contributed by atoms with E-state index < -0.39 is 0 Å². The Bertz CT molecular complexity index is 555. The summed E-state index contributed by atoms with van der Waals surface area (Å²) in [5, 5.41) is 0. The molecule has 0 aliphatic heterocycles. The molecule has 4 aliphatic carbocycles. The summed E-state index contributed by atoms with van der Waals surface area (Å²) < 4.78 is 5.13. The minimum absolute atomic E-state index is 0.0154. The third-order valence-electron chi connectivity index (χ3n) is 8.97. The summed E-state index contributed by atoms with van der Waals surface area (Å²) in [6.45, 7) is 4.84. The second-order valence-corrected chi connectivity index (χ2v) is 9.60. The third kappa shape index (κ3) is 2.15. The quantitative estimate of drug-likeness (QED) is 0.669. The highest BCUT2D eigenvalue weighted by Crippen LogP contribution is 2.67. The van der Waals surface area contributed by atoms with Gasteiger partial charge in [0.05, 0.1) is 13.0 Å². The summed E-state index contributed by atoms with van der Waals surface area (Å²) >= 11 is 0. The van der Waals surface area contributed by atoms with Gasteiger partial charge in [0.2, 0.25) is 0 Å². The third-order valence-corrected chi connectivity index (χ3v) is 8.97. The van der Waals surface area contributed by atoms with Crippen molar-refractivity contribution >= 4 is 11.8 Å². The Morgan fingerprint density at radius 1 is 1.00 bits per heavy atom. The largest absolute Gasteiger partial charge is 0.469 e. The van der Waals surface area contributed by atoms with Gasteiger partial charge < -0.3 is 4.74 Å². The fourth-order valence-corrected chi connectivity index (χ4v) is 7.57. The maximum absolute atomic E-state index is 12.3. The average molecular weight is 332 g/mol. The summed E-state index contributed by atoms with van der Waals surface area (Å²) in [5.41, 5.74) is 0.503. The molecule has 0 bridgehead atoms. The van der Waals surface area contributed by atoms with Crippen molar-refractivity contribution in [3.63, 3.8) is 0 Å². The number of rotatable bonds is 1. The minimum atomic E-state index is 0.0154. The van der Waals surface area contributed by atoms with Crippen LogP contribution in [0.3, 0.4) is 0 Å². The molecule has 4 aliphatic rings. The molecule has 0 amide bonds. The molecule has 134 valence electrons. The van der Waals surface area contributed by atoms with Crippen LogP contribution < -0.4 is 0 Å². The number of Topliss-reactive ketones (excluding diaryl/α,β-unsaturated/α-hetero) is 1. The van der Waals surface area contributed by atoms with E-state index in [4.69, 9.17) is 4.74 Å². The molecule has 0 aromatic rings. The molecule has 0 N–H and O–H groups in total. The molecule has 3 heteroatoms. The lowest BCUT2D eigenvalue weighted by Gasteiger charge is -2.60. The number of esters is 1. The molecular formula is C21H32O3. The van der Waals surface area contributed by atoms with Crippen molar-refractivity contribution < 1.29 is 14.3 Å². The zero-order valence-electron chi connectivity index (χ0n) is 15.5. The van der Waals surface area contributed by atoms with E-state index >= 15 is 0 Å². The number of hydrogen-bond acceptors (Lipinski definition) is 3. The Hall–Kier alpha value is -0.860. The van der Waals surface area contributed by atoms with Gasteiger partial charge in [-0.05, 0) is 79.4 Å². The normalized spacial score (nSPS) is 50.6. The van der Waals surface area contributed by atoms with Crippen LogP contribution in [-0.2, 0) is 14.3 Å². The molecule has 0 radical (unpaired) electrons. The van der Waals surface area contributed by atoms with E-state index in [2.05, 4.69) is 13.8 Å². The Kier molecular flexibility index (Phi) is 3.85. The molecule has 4 fully saturated rings. The van der Waals surface area contributed by atoms with Crippen molar-refractivity contribution in [2.75, 3.05) is 7.11 Å². The van der Waals surface area contributed by atoms with Gasteiger partial charge in [-0.2, -0.15) is 0 Å². The highest BCUT2D eigenvalue weighted by Gasteiger charge is 2.61. The Morgan fingerprint density at radius 2 is 1.75 bits per heavy atom. The summed E-state index contributed by atoms with van der Waals surface area (Å²) in [6.07, 6.45) is 9.82. The molecule has 6 unspecified atom stereocenters. The van der Waals surface area contributed by atoms with Crippen molar-refractivity contribution in [2.45, 2.75) is 71.6 Å². The number of methoxy groups -OCH3 is 1. The van der Waals surface area contributed by atoms with Crippen LogP contribution in [0, 0.1) is 40.4 Å². The maximum Gasteiger partial charge on any atom is 0.309 e. The molecule has 0 aromatic heterocycles.